The summed E-state index contributed by atoms with van der Waals surface area (Å²) in [5, 5.41) is 12.6. The van der Waals surface area contributed by atoms with Gasteiger partial charge in [0.1, 0.15) is 29.8 Å². The van der Waals surface area contributed by atoms with Crippen LogP contribution < -0.4 is 10.1 Å². The minimum Gasteiger partial charge on any atom is -0.481 e. The third-order valence-corrected chi connectivity index (χ3v) is 8.38. The zero-order chi connectivity index (χ0) is 39.5. The molecule has 3 atom stereocenters. The van der Waals surface area contributed by atoms with Crippen molar-refractivity contribution in [2.45, 2.75) is 136 Å². The summed E-state index contributed by atoms with van der Waals surface area (Å²) in [6, 6.07) is 5.67. The maximum atomic E-state index is 14.0. The van der Waals surface area contributed by atoms with Gasteiger partial charge in [0.25, 0.3) is 0 Å². The molecule has 0 aliphatic rings. The van der Waals surface area contributed by atoms with Crippen LogP contribution in [0.3, 0.4) is 0 Å². The molecule has 0 radical (unpaired) electrons. The Balaban J connectivity index is 3.10. The molecule has 1 aromatic carbocycles. The quantitative estimate of drug-likeness (QED) is 0.0331. The van der Waals surface area contributed by atoms with Crippen molar-refractivity contribution in [3.8, 4) is 17.6 Å². The van der Waals surface area contributed by atoms with Gasteiger partial charge in [-0.15, -0.1) is 5.92 Å². The number of unbranched alkanes of at least 4 members (excludes halogenated alkanes) is 8. The fraction of sp³-hybridized carbons (Fsp3) is 0.643. The Hall–Kier alpha value is -4.17. The normalized spacial score (nSPS) is 12.9. The number of nitrogens with one attached hydrogen (secondary N) is 1. The smallest absolute Gasteiger partial charge is 0.344 e. The van der Waals surface area contributed by atoms with E-state index in [1.54, 1.807) is 58.0 Å². The van der Waals surface area contributed by atoms with Gasteiger partial charge in [0.2, 0.25) is 5.91 Å². The summed E-state index contributed by atoms with van der Waals surface area (Å²) in [6.07, 6.45) is 14.4. The number of hydrogen-bond acceptors (Lipinski definition) is 10. The number of aliphatic hydroxyl groups excluding tert-OH is 1. The molecule has 0 saturated carbocycles. The summed E-state index contributed by atoms with van der Waals surface area (Å²) >= 11 is 0. The molecule has 1 amide bonds. The molecule has 1 rings (SSSR count). The van der Waals surface area contributed by atoms with Crippen LogP contribution in [0.15, 0.2) is 36.4 Å². The molecule has 0 saturated heterocycles. The van der Waals surface area contributed by atoms with Crippen molar-refractivity contribution in [2.24, 2.45) is 11.8 Å². The second kappa shape index (κ2) is 27.4. The molecule has 0 aliphatic heterocycles. The van der Waals surface area contributed by atoms with E-state index in [1.807, 2.05) is 6.08 Å². The number of methoxy groups -OCH3 is 1. The maximum absolute atomic E-state index is 14.0. The summed E-state index contributed by atoms with van der Waals surface area (Å²) in [6.45, 7) is 8.24. The minimum absolute atomic E-state index is 0.00961. The Bertz CT molecular complexity index is 1340. The third-order valence-electron chi connectivity index (χ3n) is 8.38. The van der Waals surface area contributed by atoms with Crippen LogP contribution in [0.25, 0.3) is 0 Å². The molecule has 11 heteroatoms. The molecule has 11 nitrogen and oxygen atoms in total. The van der Waals surface area contributed by atoms with E-state index in [9.17, 15) is 29.1 Å². The van der Waals surface area contributed by atoms with Crippen molar-refractivity contribution >= 4 is 29.6 Å². The van der Waals surface area contributed by atoms with Gasteiger partial charge < -0.3 is 29.4 Å². The van der Waals surface area contributed by atoms with Crippen LogP contribution in [0.5, 0.6) is 5.75 Å². The first-order valence-electron chi connectivity index (χ1n) is 19.0. The summed E-state index contributed by atoms with van der Waals surface area (Å²) in [5.74, 6) is 1.41. The highest BCUT2D eigenvalue weighted by atomic mass is 16.6. The Labute approximate surface area is 316 Å². The molecule has 0 aliphatic carbocycles. The molecule has 0 bridgehead atoms. The van der Waals surface area contributed by atoms with E-state index in [0.29, 0.717) is 36.4 Å². The van der Waals surface area contributed by atoms with Gasteiger partial charge >= 0.3 is 17.9 Å². The largest absolute Gasteiger partial charge is 0.481 e. The van der Waals surface area contributed by atoms with Gasteiger partial charge in [0.05, 0.1) is 18.9 Å². The van der Waals surface area contributed by atoms with E-state index in [4.69, 9.17) is 14.2 Å². The average molecular weight is 742 g/mol. The third kappa shape index (κ3) is 21.8. The summed E-state index contributed by atoms with van der Waals surface area (Å²) in [5.41, 5.74) is -0.176. The SMILES string of the molecule is CC#CCOc1ccc(C[C@H](NC(=O)[C@@H](/C=C/CCCCCCC(=O)CCCCCCC)[C@@H](CCO)C(=O)OC(C)(C)C)C(=O)OCC(=O)OC)cc1. The predicted molar refractivity (Wildman–Crippen MR) is 204 cm³/mol. The molecule has 0 heterocycles. The highest BCUT2D eigenvalue weighted by molar-refractivity contribution is 5.91. The summed E-state index contributed by atoms with van der Waals surface area (Å²) in [7, 11) is 1.16. The lowest BCUT2D eigenvalue weighted by Crippen LogP contribution is -2.48. The molecule has 0 spiro atoms. The number of carbonyl (C=O) groups excluding carboxylic acids is 5. The van der Waals surface area contributed by atoms with E-state index in [2.05, 4.69) is 28.8 Å². The lowest BCUT2D eigenvalue weighted by Gasteiger charge is -2.28. The number of ether oxygens (including phenoxy) is 4. The van der Waals surface area contributed by atoms with Crippen LogP contribution in [0.2, 0.25) is 0 Å². The Morgan fingerprint density at radius 1 is 0.906 bits per heavy atom. The molecule has 53 heavy (non-hydrogen) atoms. The van der Waals surface area contributed by atoms with Crippen LogP contribution in [-0.4, -0.2) is 73.3 Å². The molecule has 0 aromatic heterocycles. The molecular formula is C42H63NO10. The van der Waals surface area contributed by atoms with E-state index >= 15 is 0 Å². The van der Waals surface area contributed by atoms with E-state index in [-0.39, 0.29) is 26.1 Å². The van der Waals surface area contributed by atoms with Crippen molar-refractivity contribution in [3.05, 3.63) is 42.0 Å². The first-order chi connectivity index (χ1) is 25.3. The number of benzene rings is 1. The van der Waals surface area contributed by atoms with Crippen molar-refractivity contribution in [2.75, 3.05) is 26.9 Å². The number of aliphatic hydroxyl groups is 1. The monoisotopic (exact) mass is 741 g/mol. The first kappa shape index (κ1) is 46.9. The van der Waals surface area contributed by atoms with E-state index in [0.717, 1.165) is 45.6 Å². The number of amides is 1. The number of carbonyl (C=O) groups is 5. The second-order valence-electron chi connectivity index (χ2n) is 14.1. The molecular weight excluding hydrogens is 678 g/mol. The van der Waals surface area contributed by atoms with Gasteiger partial charge in [0.15, 0.2) is 6.61 Å². The standard InChI is InChI=1S/C42H63NO10/c1-7-9-11-14-17-20-33(45)21-18-15-12-13-16-19-22-35(36(27-28-44)40(48)53-42(3,4)5)39(47)43-37(41(49)52-31-38(46)50-6)30-32-23-25-34(26-24-32)51-29-10-8-2/h19,22-26,35-37,44H,7,9,11-18,20-21,27-31H2,1-6H3,(H,43,47)/b22-19+/t35-,36+,37-/m0/s1. The van der Waals surface area contributed by atoms with Gasteiger partial charge in [0, 0.05) is 25.9 Å². The average Bonchev–Trinajstić information content (AvgIpc) is 3.12. The summed E-state index contributed by atoms with van der Waals surface area (Å²) in [4.78, 5) is 64.6. The number of rotatable bonds is 27. The van der Waals surface area contributed by atoms with Crippen LogP contribution >= 0.6 is 0 Å². The Morgan fingerprint density at radius 2 is 1.55 bits per heavy atom. The number of hydrogen-bond donors (Lipinski definition) is 2. The predicted octanol–water partition coefficient (Wildman–Crippen LogP) is 6.62. The van der Waals surface area contributed by atoms with Crippen LogP contribution in [0, 0.1) is 23.7 Å². The Morgan fingerprint density at radius 3 is 2.13 bits per heavy atom. The van der Waals surface area contributed by atoms with Crippen molar-refractivity contribution in [3.63, 3.8) is 0 Å². The van der Waals surface area contributed by atoms with Crippen LogP contribution in [-0.2, 0) is 44.6 Å². The van der Waals surface area contributed by atoms with Gasteiger partial charge in [-0.3, -0.25) is 14.4 Å². The molecule has 296 valence electrons. The van der Waals surface area contributed by atoms with Crippen molar-refractivity contribution in [1.29, 1.82) is 0 Å². The second-order valence-corrected chi connectivity index (χ2v) is 14.1. The highest BCUT2D eigenvalue weighted by Gasteiger charge is 2.36. The lowest BCUT2D eigenvalue weighted by molar-refractivity contribution is -0.164. The number of ketones is 1. The zero-order valence-corrected chi connectivity index (χ0v) is 32.8. The fourth-order valence-corrected chi connectivity index (χ4v) is 5.50. The van der Waals surface area contributed by atoms with Crippen molar-refractivity contribution < 1.29 is 48.0 Å². The zero-order valence-electron chi connectivity index (χ0n) is 32.8. The fourth-order valence-electron chi connectivity index (χ4n) is 5.50. The van der Waals surface area contributed by atoms with Gasteiger partial charge in [-0.1, -0.05) is 75.7 Å². The maximum Gasteiger partial charge on any atom is 0.344 e. The molecule has 1 aromatic rings. The van der Waals surface area contributed by atoms with Gasteiger partial charge in [-0.25, -0.2) is 9.59 Å². The number of esters is 3. The van der Waals surface area contributed by atoms with Crippen molar-refractivity contribution in [1.82, 2.24) is 5.32 Å². The van der Waals surface area contributed by atoms with Gasteiger partial charge in [-0.05, 0) is 77.5 Å². The molecule has 0 unspecified atom stereocenters. The van der Waals surface area contributed by atoms with Crippen LogP contribution in [0.4, 0.5) is 0 Å². The Kier molecular flexibility index (Phi) is 24.3. The van der Waals surface area contributed by atoms with Gasteiger partial charge in [-0.2, -0.15) is 0 Å². The first-order valence-corrected chi connectivity index (χ1v) is 19.0. The minimum atomic E-state index is -1.23. The molecule has 2 N–H and O–H groups in total. The van der Waals surface area contributed by atoms with Crippen LogP contribution in [0.1, 0.15) is 124 Å². The number of allylic oxidation sites excluding steroid dienone is 1. The highest BCUT2D eigenvalue weighted by Crippen LogP contribution is 2.24. The molecule has 0 fully saturated rings. The lowest BCUT2D eigenvalue weighted by atomic mass is 9.87. The summed E-state index contributed by atoms with van der Waals surface area (Å²) < 4.78 is 21.0. The van der Waals surface area contributed by atoms with E-state index in [1.165, 1.54) is 19.3 Å². The topological polar surface area (TPSA) is 155 Å². The van der Waals surface area contributed by atoms with E-state index < -0.39 is 53.9 Å². The number of Topliss-reactive ketones (excluding diaryl/α,β-unsaturated/α-hetero) is 1.